The lowest BCUT2D eigenvalue weighted by atomic mass is 10.0. The number of aldehydes is 1. The Morgan fingerprint density at radius 2 is 2.10 bits per heavy atom. The number of benzene rings is 1. The monoisotopic (exact) mass is 304 g/mol. The quantitative estimate of drug-likeness (QED) is 0.491. The molecular weight excluding hydrogens is 288 g/mol. The van der Waals surface area contributed by atoms with Gasteiger partial charge in [-0.1, -0.05) is 19.9 Å². The summed E-state index contributed by atoms with van der Waals surface area (Å²) < 4.78 is 0. The van der Waals surface area contributed by atoms with E-state index in [9.17, 15) is 14.9 Å². The third-order valence-electron chi connectivity index (χ3n) is 3.18. The Morgan fingerprint density at radius 1 is 1.33 bits per heavy atom. The van der Waals surface area contributed by atoms with E-state index in [4.69, 9.17) is 0 Å². The molecule has 1 unspecified atom stereocenters. The fourth-order valence-corrected chi connectivity index (χ4v) is 3.05. The van der Waals surface area contributed by atoms with Gasteiger partial charge >= 0.3 is 0 Å². The normalized spacial score (nSPS) is 12.1. The van der Waals surface area contributed by atoms with Gasteiger partial charge in [0.1, 0.15) is 12.0 Å². The van der Waals surface area contributed by atoms with Crippen LogP contribution < -0.4 is 5.32 Å². The highest BCUT2D eigenvalue weighted by Gasteiger charge is 2.21. The van der Waals surface area contributed by atoms with Gasteiger partial charge in [-0.2, -0.15) is 0 Å². The highest BCUT2D eigenvalue weighted by molar-refractivity contribution is 7.10. The first kappa shape index (κ1) is 15.2. The van der Waals surface area contributed by atoms with Crippen molar-refractivity contribution in [3.05, 3.63) is 56.3 Å². The Labute approximate surface area is 126 Å². The third-order valence-corrected chi connectivity index (χ3v) is 4.14. The van der Waals surface area contributed by atoms with Crippen molar-refractivity contribution in [2.75, 3.05) is 5.32 Å². The third kappa shape index (κ3) is 3.46. The molecule has 1 aromatic heterocycles. The van der Waals surface area contributed by atoms with Crippen molar-refractivity contribution in [1.29, 1.82) is 0 Å². The summed E-state index contributed by atoms with van der Waals surface area (Å²) in [5, 5.41) is 16.4. The van der Waals surface area contributed by atoms with Gasteiger partial charge in [-0.05, 0) is 29.5 Å². The van der Waals surface area contributed by atoms with Crippen molar-refractivity contribution in [1.82, 2.24) is 0 Å². The lowest BCUT2D eigenvalue weighted by molar-refractivity contribution is -0.384. The molecule has 21 heavy (non-hydrogen) atoms. The van der Waals surface area contributed by atoms with Gasteiger partial charge < -0.3 is 5.32 Å². The zero-order valence-electron chi connectivity index (χ0n) is 11.8. The molecule has 2 rings (SSSR count). The van der Waals surface area contributed by atoms with Gasteiger partial charge in [0.25, 0.3) is 5.69 Å². The number of hydrogen-bond acceptors (Lipinski definition) is 5. The summed E-state index contributed by atoms with van der Waals surface area (Å²) in [7, 11) is 0. The molecular formula is C15H16N2O3S. The molecule has 0 aliphatic rings. The summed E-state index contributed by atoms with van der Waals surface area (Å²) >= 11 is 1.61. The van der Waals surface area contributed by atoms with Crippen LogP contribution >= 0.6 is 11.3 Å². The number of anilines is 1. The zero-order chi connectivity index (χ0) is 15.4. The van der Waals surface area contributed by atoms with Gasteiger partial charge in [-0.3, -0.25) is 14.9 Å². The second kappa shape index (κ2) is 6.49. The molecule has 0 aliphatic carbocycles. The number of carbonyl (C=O) groups excluding carboxylic acids is 1. The Kier molecular flexibility index (Phi) is 4.70. The van der Waals surface area contributed by atoms with Gasteiger partial charge in [0.2, 0.25) is 0 Å². The van der Waals surface area contributed by atoms with Gasteiger partial charge in [-0.15, -0.1) is 11.3 Å². The van der Waals surface area contributed by atoms with Gasteiger partial charge in [0, 0.05) is 16.5 Å². The van der Waals surface area contributed by atoms with E-state index >= 15 is 0 Å². The first-order valence-corrected chi connectivity index (χ1v) is 7.44. The summed E-state index contributed by atoms with van der Waals surface area (Å²) in [5.74, 6) is 0.272. The molecule has 0 saturated heterocycles. The molecule has 2 aromatic rings. The summed E-state index contributed by atoms with van der Waals surface area (Å²) in [4.78, 5) is 22.6. The summed E-state index contributed by atoms with van der Waals surface area (Å²) in [6.07, 6.45) is 0.607. The van der Waals surface area contributed by atoms with E-state index in [2.05, 4.69) is 19.2 Å². The molecule has 1 N–H and O–H groups in total. The topological polar surface area (TPSA) is 72.2 Å². The highest BCUT2D eigenvalue weighted by atomic mass is 32.1. The minimum absolute atomic E-state index is 0.00854. The Hall–Kier alpha value is -2.21. The smallest absolute Gasteiger partial charge is 0.293 e. The molecule has 1 heterocycles. The maximum absolute atomic E-state index is 11.2. The number of hydrogen-bond donors (Lipinski definition) is 1. The molecule has 5 nitrogen and oxygen atoms in total. The predicted octanol–water partition coefficient (Wildman–Crippen LogP) is 4.28. The fourth-order valence-electron chi connectivity index (χ4n) is 2.10. The van der Waals surface area contributed by atoms with E-state index in [-0.39, 0.29) is 17.6 Å². The standard InChI is InChI=1S/C15H16N2O3S/c1-10(2)15(14-4-3-7-21-14)16-12-6-5-11(9-18)8-13(12)17(19)20/h3-10,15-16H,1-2H3. The van der Waals surface area contributed by atoms with Gasteiger partial charge in [-0.25, -0.2) is 0 Å². The van der Waals surface area contributed by atoms with Crippen molar-refractivity contribution >= 4 is 29.0 Å². The second-order valence-electron chi connectivity index (χ2n) is 5.03. The average Bonchev–Trinajstić information content (AvgIpc) is 2.98. The molecule has 0 radical (unpaired) electrons. The predicted molar refractivity (Wildman–Crippen MR) is 84.0 cm³/mol. The first-order valence-electron chi connectivity index (χ1n) is 6.56. The first-order chi connectivity index (χ1) is 10.0. The van der Waals surface area contributed by atoms with Crippen molar-refractivity contribution in [2.45, 2.75) is 19.9 Å². The molecule has 110 valence electrons. The van der Waals surface area contributed by atoms with E-state index in [1.54, 1.807) is 23.5 Å². The molecule has 0 spiro atoms. The van der Waals surface area contributed by atoms with E-state index in [1.165, 1.54) is 6.07 Å². The number of nitrogens with one attached hydrogen (secondary N) is 1. The van der Waals surface area contributed by atoms with Gasteiger partial charge in [0.15, 0.2) is 0 Å². The molecule has 0 aliphatic heterocycles. The molecule has 1 aromatic carbocycles. The number of nitrogens with zero attached hydrogens (tertiary/aromatic N) is 1. The second-order valence-corrected chi connectivity index (χ2v) is 6.01. The summed E-state index contributed by atoms with van der Waals surface area (Å²) in [6, 6.07) is 8.42. The van der Waals surface area contributed by atoms with Crippen LogP contribution in [0.15, 0.2) is 35.7 Å². The lowest BCUT2D eigenvalue weighted by Gasteiger charge is -2.22. The van der Waals surface area contributed by atoms with Crippen LogP contribution in [0.2, 0.25) is 0 Å². The zero-order valence-corrected chi connectivity index (χ0v) is 12.6. The maximum atomic E-state index is 11.2. The van der Waals surface area contributed by atoms with E-state index in [0.29, 0.717) is 17.5 Å². The minimum Gasteiger partial charge on any atom is -0.372 e. The van der Waals surface area contributed by atoms with Crippen LogP contribution in [0.1, 0.15) is 35.1 Å². The average molecular weight is 304 g/mol. The SMILES string of the molecule is CC(C)C(Nc1ccc(C=O)cc1[N+](=O)[O-])c1cccs1. The molecule has 0 bridgehead atoms. The molecule has 1 atom stereocenters. The fraction of sp³-hybridized carbons (Fsp3) is 0.267. The van der Waals surface area contributed by atoms with Crippen LogP contribution in [0.4, 0.5) is 11.4 Å². The van der Waals surface area contributed by atoms with Gasteiger partial charge in [0.05, 0.1) is 11.0 Å². The number of nitro groups is 1. The van der Waals surface area contributed by atoms with Crippen molar-refractivity contribution in [2.24, 2.45) is 5.92 Å². The summed E-state index contributed by atoms with van der Waals surface area (Å²) in [6.45, 7) is 4.12. The van der Waals surface area contributed by atoms with Crippen LogP contribution in [0.5, 0.6) is 0 Å². The van der Waals surface area contributed by atoms with E-state index in [0.717, 1.165) is 4.88 Å². The largest absolute Gasteiger partial charge is 0.372 e. The Balaban J connectivity index is 2.37. The van der Waals surface area contributed by atoms with E-state index in [1.807, 2.05) is 17.5 Å². The number of thiophene rings is 1. The number of nitro benzene ring substituents is 1. The van der Waals surface area contributed by atoms with Crippen LogP contribution in [0, 0.1) is 16.0 Å². The molecule has 0 amide bonds. The lowest BCUT2D eigenvalue weighted by Crippen LogP contribution is -2.16. The van der Waals surface area contributed by atoms with Crippen LogP contribution in [0.3, 0.4) is 0 Å². The van der Waals surface area contributed by atoms with Crippen molar-refractivity contribution in [3.8, 4) is 0 Å². The molecule has 0 saturated carbocycles. The minimum atomic E-state index is -0.471. The van der Waals surface area contributed by atoms with Crippen LogP contribution in [-0.4, -0.2) is 11.2 Å². The molecule has 0 fully saturated rings. The van der Waals surface area contributed by atoms with E-state index < -0.39 is 4.92 Å². The number of carbonyl (C=O) groups is 1. The van der Waals surface area contributed by atoms with Crippen molar-refractivity contribution < 1.29 is 9.72 Å². The van der Waals surface area contributed by atoms with Crippen molar-refractivity contribution in [3.63, 3.8) is 0 Å². The Bertz CT molecular complexity index is 638. The number of rotatable bonds is 6. The highest BCUT2D eigenvalue weighted by Crippen LogP contribution is 2.33. The Morgan fingerprint density at radius 3 is 2.62 bits per heavy atom. The summed E-state index contributed by atoms with van der Waals surface area (Å²) in [5.41, 5.74) is 0.643. The van der Waals surface area contributed by atoms with Crippen LogP contribution in [-0.2, 0) is 0 Å². The molecule has 6 heteroatoms. The maximum Gasteiger partial charge on any atom is 0.293 e. The van der Waals surface area contributed by atoms with Crippen LogP contribution in [0.25, 0.3) is 0 Å².